The summed E-state index contributed by atoms with van der Waals surface area (Å²) in [5.41, 5.74) is 1.96. The van der Waals surface area contributed by atoms with E-state index in [2.05, 4.69) is 17.9 Å². The lowest BCUT2D eigenvalue weighted by atomic mass is 10.0. The highest BCUT2D eigenvalue weighted by atomic mass is 19.1. The van der Waals surface area contributed by atoms with E-state index in [4.69, 9.17) is 4.74 Å². The van der Waals surface area contributed by atoms with Gasteiger partial charge in [0, 0.05) is 18.2 Å². The molecule has 78 valence electrons. The van der Waals surface area contributed by atoms with E-state index in [9.17, 15) is 4.39 Å². The maximum atomic E-state index is 13.3. The molecule has 0 spiro atoms. The number of hydrogen-bond acceptors (Lipinski definition) is 2. The molecule has 0 amide bonds. The fourth-order valence-corrected chi connectivity index (χ4v) is 2.22. The number of ether oxygens (including phenoxy) is 1. The fourth-order valence-electron chi connectivity index (χ4n) is 2.22. The van der Waals surface area contributed by atoms with Crippen molar-refractivity contribution in [1.82, 2.24) is 0 Å². The third kappa shape index (κ3) is 1.23. The van der Waals surface area contributed by atoms with Gasteiger partial charge in [0.2, 0.25) is 0 Å². The maximum absolute atomic E-state index is 13.3. The van der Waals surface area contributed by atoms with E-state index >= 15 is 0 Å². The van der Waals surface area contributed by atoms with E-state index in [-0.39, 0.29) is 5.82 Å². The maximum Gasteiger partial charge on any atom is 0.146 e. The Labute approximate surface area is 88.0 Å². The summed E-state index contributed by atoms with van der Waals surface area (Å²) in [4.78, 5) is 2.26. The molecule has 0 radical (unpaired) electrons. The third-order valence-corrected chi connectivity index (χ3v) is 2.97. The van der Waals surface area contributed by atoms with E-state index in [1.165, 1.54) is 6.07 Å². The second kappa shape index (κ2) is 2.99. The second-order valence-corrected chi connectivity index (χ2v) is 4.06. The van der Waals surface area contributed by atoms with Crippen LogP contribution in [0.2, 0.25) is 0 Å². The van der Waals surface area contributed by atoms with Crippen molar-refractivity contribution in [3.8, 4) is 5.75 Å². The van der Waals surface area contributed by atoms with Crippen molar-refractivity contribution in [2.24, 2.45) is 0 Å². The molecule has 3 heteroatoms. The molecule has 1 aromatic carbocycles. The van der Waals surface area contributed by atoms with Crippen LogP contribution in [0.15, 0.2) is 18.2 Å². The first kappa shape index (κ1) is 8.77. The predicted octanol–water partition coefficient (Wildman–Crippen LogP) is 2.44. The summed E-state index contributed by atoms with van der Waals surface area (Å²) in [5, 5.41) is 0. The Bertz CT molecular complexity index is 441. The van der Waals surface area contributed by atoms with Crippen LogP contribution in [-0.4, -0.2) is 19.2 Å². The number of nitrogens with zero attached hydrogens (tertiary/aromatic N) is 1. The summed E-state index contributed by atoms with van der Waals surface area (Å²) < 4.78 is 18.8. The van der Waals surface area contributed by atoms with E-state index in [0.29, 0.717) is 18.4 Å². The van der Waals surface area contributed by atoms with Crippen LogP contribution in [0, 0.1) is 5.82 Å². The van der Waals surface area contributed by atoms with Crippen LogP contribution in [0.3, 0.4) is 0 Å². The Kier molecular flexibility index (Phi) is 1.75. The van der Waals surface area contributed by atoms with Crippen molar-refractivity contribution in [3.63, 3.8) is 0 Å². The zero-order valence-electron chi connectivity index (χ0n) is 8.53. The first-order valence-corrected chi connectivity index (χ1v) is 5.15. The first-order chi connectivity index (χ1) is 7.25. The summed E-state index contributed by atoms with van der Waals surface area (Å²) in [7, 11) is 0. The van der Waals surface area contributed by atoms with Crippen LogP contribution >= 0.6 is 0 Å². The molecule has 0 saturated carbocycles. The quantitative estimate of drug-likeness (QED) is 0.645. The zero-order valence-corrected chi connectivity index (χ0v) is 8.53. The lowest BCUT2D eigenvalue weighted by Gasteiger charge is -2.38. The molecule has 0 aliphatic carbocycles. The first-order valence-electron chi connectivity index (χ1n) is 5.15. The normalized spacial score (nSPS) is 22.3. The molecule has 1 atom stereocenters. The van der Waals surface area contributed by atoms with Gasteiger partial charge in [-0.2, -0.15) is 0 Å². The lowest BCUT2D eigenvalue weighted by Crippen LogP contribution is -2.42. The van der Waals surface area contributed by atoms with Crippen LogP contribution in [0.4, 0.5) is 10.1 Å². The highest BCUT2D eigenvalue weighted by molar-refractivity contribution is 5.77. The number of anilines is 1. The van der Waals surface area contributed by atoms with Crippen molar-refractivity contribution < 1.29 is 9.13 Å². The molecule has 15 heavy (non-hydrogen) atoms. The predicted molar refractivity (Wildman–Crippen MR) is 57.7 cm³/mol. The lowest BCUT2D eigenvalue weighted by molar-refractivity contribution is 0.270. The topological polar surface area (TPSA) is 12.5 Å². The zero-order chi connectivity index (χ0) is 10.4. The molecule has 0 fully saturated rings. The van der Waals surface area contributed by atoms with Crippen molar-refractivity contribution in [2.75, 3.05) is 18.1 Å². The number of benzene rings is 1. The molecule has 2 nitrogen and oxygen atoms in total. The van der Waals surface area contributed by atoms with Crippen molar-refractivity contribution in [1.29, 1.82) is 0 Å². The van der Waals surface area contributed by atoms with E-state index < -0.39 is 0 Å². The molecule has 2 aliphatic rings. The third-order valence-electron chi connectivity index (χ3n) is 2.97. The Morgan fingerprint density at radius 1 is 1.47 bits per heavy atom. The van der Waals surface area contributed by atoms with Gasteiger partial charge in [-0.3, -0.25) is 0 Å². The van der Waals surface area contributed by atoms with Crippen LogP contribution in [0.25, 0.3) is 6.08 Å². The molecular formula is C12H12FNO. The van der Waals surface area contributed by atoms with Gasteiger partial charge in [-0.1, -0.05) is 12.2 Å². The summed E-state index contributed by atoms with van der Waals surface area (Å²) in [5.74, 6) is 0.442. The Morgan fingerprint density at radius 3 is 3.20 bits per heavy atom. The molecule has 1 aromatic rings. The van der Waals surface area contributed by atoms with Crippen molar-refractivity contribution in [2.45, 2.75) is 13.0 Å². The van der Waals surface area contributed by atoms with Crippen LogP contribution in [-0.2, 0) is 0 Å². The minimum Gasteiger partial charge on any atom is -0.489 e. The van der Waals surface area contributed by atoms with Gasteiger partial charge < -0.3 is 9.64 Å². The fraction of sp³-hybridized carbons (Fsp3) is 0.333. The highest BCUT2D eigenvalue weighted by Gasteiger charge is 2.28. The van der Waals surface area contributed by atoms with Gasteiger partial charge in [0.25, 0.3) is 0 Å². The van der Waals surface area contributed by atoms with Gasteiger partial charge in [-0.05, 0) is 13.0 Å². The number of rotatable bonds is 0. The molecule has 0 unspecified atom stereocenters. The molecule has 0 aromatic heterocycles. The van der Waals surface area contributed by atoms with Crippen LogP contribution in [0.5, 0.6) is 5.75 Å². The molecule has 0 bridgehead atoms. The summed E-state index contributed by atoms with van der Waals surface area (Å²) in [6, 6.07) is 3.38. The molecule has 3 rings (SSSR count). The van der Waals surface area contributed by atoms with Crippen LogP contribution in [0.1, 0.15) is 12.5 Å². The summed E-state index contributed by atoms with van der Waals surface area (Å²) in [6.07, 6.45) is 4.02. The average molecular weight is 205 g/mol. The van der Waals surface area contributed by atoms with E-state index in [0.717, 1.165) is 17.8 Å². The second-order valence-electron chi connectivity index (χ2n) is 4.06. The molecule has 0 saturated heterocycles. The Morgan fingerprint density at radius 2 is 2.33 bits per heavy atom. The number of halogens is 1. The van der Waals surface area contributed by atoms with Gasteiger partial charge in [0.1, 0.15) is 18.2 Å². The van der Waals surface area contributed by atoms with Gasteiger partial charge in [-0.15, -0.1) is 0 Å². The summed E-state index contributed by atoms with van der Waals surface area (Å²) in [6.45, 7) is 3.63. The van der Waals surface area contributed by atoms with Crippen LogP contribution < -0.4 is 9.64 Å². The largest absolute Gasteiger partial charge is 0.489 e. The highest BCUT2D eigenvalue weighted by Crippen LogP contribution is 2.40. The minimum absolute atomic E-state index is 0.232. The molecular weight excluding hydrogens is 193 g/mol. The average Bonchev–Trinajstić information content (AvgIpc) is 2.23. The molecule has 2 aliphatic heterocycles. The van der Waals surface area contributed by atoms with Gasteiger partial charge in [0.15, 0.2) is 0 Å². The van der Waals surface area contributed by atoms with E-state index in [1.807, 2.05) is 6.08 Å². The van der Waals surface area contributed by atoms with Crippen molar-refractivity contribution in [3.05, 3.63) is 29.6 Å². The summed E-state index contributed by atoms with van der Waals surface area (Å²) >= 11 is 0. The Hall–Kier alpha value is -1.51. The van der Waals surface area contributed by atoms with Gasteiger partial charge in [-0.25, -0.2) is 4.39 Å². The Balaban J connectivity index is 2.23. The van der Waals surface area contributed by atoms with Crippen molar-refractivity contribution >= 4 is 11.8 Å². The molecule has 0 N–H and O–H groups in total. The number of hydrogen-bond donors (Lipinski definition) is 0. The van der Waals surface area contributed by atoms with E-state index in [1.54, 1.807) is 6.07 Å². The SMILES string of the molecule is C[C@H]1COc2cc(F)cc3c2N1CC=C3. The standard InChI is InChI=1S/C12H12FNO/c1-8-7-15-11-6-10(13)5-9-3-2-4-14(8)12(9)11/h2-3,5-6,8H,4,7H2,1H3/t8-/m0/s1. The minimum atomic E-state index is -0.232. The smallest absolute Gasteiger partial charge is 0.146 e. The molecule has 2 heterocycles. The monoisotopic (exact) mass is 205 g/mol. The van der Waals surface area contributed by atoms with Gasteiger partial charge >= 0.3 is 0 Å². The van der Waals surface area contributed by atoms with Gasteiger partial charge in [0.05, 0.1) is 11.7 Å².